The van der Waals surface area contributed by atoms with Crippen molar-refractivity contribution in [1.82, 2.24) is 20.5 Å². The quantitative estimate of drug-likeness (QED) is 0.390. The SMILES string of the molecule is CCc1nonc1C(=O)N[C@H](C(=O)Nc1cc(C)c(C(C)C(=O)N(C)CC(F)(F)F)cc1F)C(C1CC1)C1CC1. The second-order valence-corrected chi connectivity index (χ2v) is 10.8. The number of benzene rings is 1. The molecule has 1 aromatic carbocycles. The second kappa shape index (κ2) is 11.5. The summed E-state index contributed by atoms with van der Waals surface area (Å²) >= 11 is 0. The van der Waals surface area contributed by atoms with Crippen LogP contribution in [-0.2, 0) is 16.0 Å². The van der Waals surface area contributed by atoms with Gasteiger partial charge in [0.15, 0.2) is 5.69 Å². The molecule has 2 aromatic rings. The van der Waals surface area contributed by atoms with Crippen LogP contribution in [0.25, 0.3) is 0 Å². The van der Waals surface area contributed by atoms with E-state index in [1.54, 1.807) is 13.8 Å². The average molecular weight is 568 g/mol. The number of hydrogen-bond acceptors (Lipinski definition) is 6. The van der Waals surface area contributed by atoms with Crippen LogP contribution in [0.5, 0.6) is 0 Å². The second-order valence-electron chi connectivity index (χ2n) is 10.8. The number of halogens is 4. The third-order valence-corrected chi connectivity index (χ3v) is 7.64. The molecule has 40 heavy (non-hydrogen) atoms. The van der Waals surface area contributed by atoms with Crippen LogP contribution < -0.4 is 10.6 Å². The Morgan fingerprint density at radius 1 is 1.12 bits per heavy atom. The molecule has 0 saturated heterocycles. The molecule has 2 aliphatic rings. The summed E-state index contributed by atoms with van der Waals surface area (Å²) in [4.78, 5) is 39.8. The molecule has 0 aliphatic heterocycles. The van der Waals surface area contributed by atoms with Gasteiger partial charge in [0.25, 0.3) is 5.91 Å². The van der Waals surface area contributed by atoms with E-state index in [-0.39, 0.29) is 34.7 Å². The lowest BCUT2D eigenvalue weighted by Crippen LogP contribution is -2.50. The molecule has 1 aromatic heterocycles. The third-order valence-electron chi connectivity index (χ3n) is 7.64. The van der Waals surface area contributed by atoms with E-state index in [0.717, 1.165) is 38.8 Å². The van der Waals surface area contributed by atoms with Crippen LogP contribution in [0.2, 0.25) is 0 Å². The number of likely N-dealkylation sites (N-methyl/N-ethyl adjacent to an activating group) is 1. The van der Waals surface area contributed by atoms with Gasteiger partial charge in [0.1, 0.15) is 24.1 Å². The van der Waals surface area contributed by atoms with Gasteiger partial charge in [-0.05, 0) is 92.1 Å². The van der Waals surface area contributed by atoms with Crippen LogP contribution in [0.3, 0.4) is 0 Å². The number of carbonyl (C=O) groups excluding carboxylic acids is 3. The maximum atomic E-state index is 15.2. The molecule has 9 nitrogen and oxygen atoms in total. The lowest BCUT2D eigenvalue weighted by molar-refractivity contribution is -0.159. The lowest BCUT2D eigenvalue weighted by atomic mass is 9.88. The number of aryl methyl sites for hydroxylation is 2. The summed E-state index contributed by atoms with van der Waals surface area (Å²) in [7, 11) is 1.04. The minimum absolute atomic E-state index is 0.00818. The minimum atomic E-state index is -4.56. The molecule has 13 heteroatoms. The topological polar surface area (TPSA) is 117 Å². The van der Waals surface area contributed by atoms with Crippen molar-refractivity contribution in [2.45, 2.75) is 71.0 Å². The standard InChI is InChI=1S/C27H33F4N5O4/c1-5-19-22(35-40-34-19)24(37)33-23(21(15-6-7-15)16-8-9-16)25(38)32-20-10-13(2)17(11-18(20)28)14(3)26(39)36(4)12-27(29,30)31/h10-11,14-16,21,23H,5-9,12H2,1-4H3,(H,32,38)(H,33,37)/t14?,23-/m0/s1. The first kappa shape index (κ1) is 29.5. The Morgan fingerprint density at radius 2 is 1.75 bits per heavy atom. The molecule has 2 saturated carbocycles. The van der Waals surface area contributed by atoms with Gasteiger partial charge in [0.2, 0.25) is 11.8 Å². The normalized spacial score (nSPS) is 16.9. The zero-order valence-electron chi connectivity index (χ0n) is 22.8. The van der Waals surface area contributed by atoms with Crippen molar-refractivity contribution >= 4 is 23.4 Å². The number of nitrogens with one attached hydrogen (secondary N) is 2. The molecule has 1 heterocycles. The summed E-state index contributed by atoms with van der Waals surface area (Å²) in [6.07, 6.45) is -0.424. The van der Waals surface area contributed by atoms with Crippen LogP contribution in [0.15, 0.2) is 16.8 Å². The van der Waals surface area contributed by atoms with E-state index < -0.39 is 48.2 Å². The van der Waals surface area contributed by atoms with Crippen molar-refractivity contribution in [1.29, 1.82) is 0 Å². The molecule has 4 rings (SSSR count). The van der Waals surface area contributed by atoms with Crippen LogP contribution in [0, 0.1) is 30.5 Å². The van der Waals surface area contributed by atoms with Crippen molar-refractivity contribution in [3.63, 3.8) is 0 Å². The van der Waals surface area contributed by atoms with E-state index in [9.17, 15) is 27.6 Å². The third kappa shape index (κ3) is 6.79. The van der Waals surface area contributed by atoms with Gasteiger partial charge in [0.05, 0.1) is 11.6 Å². The number of alkyl halides is 3. The average Bonchev–Trinajstić information content (AvgIpc) is 3.82. The summed E-state index contributed by atoms with van der Waals surface area (Å²) in [6, 6.07) is 1.44. The van der Waals surface area contributed by atoms with Crippen LogP contribution in [-0.4, -0.2) is 58.7 Å². The van der Waals surface area contributed by atoms with E-state index in [0.29, 0.717) is 22.6 Å². The summed E-state index contributed by atoms with van der Waals surface area (Å²) in [5.74, 6) is -3.50. The molecule has 3 amide bonds. The van der Waals surface area contributed by atoms with Crippen LogP contribution in [0.1, 0.15) is 72.8 Å². The molecule has 218 valence electrons. The Labute approximate surface area is 229 Å². The van der Waals surface area contributed by atoms with Crippen molar-refractivity contribution in [3.05, 3.63) is 40.5 Å². The zero-order chi connectivity index (χ0) is 29.4. The molecule has 2 atom stereocenters. The Balaban J connectivity index is 1.54. The predicted molar refractivity (Wildman–Crippen MR) is 136 cm³/mol. The number of aromatic nitrogens is 2. The first-order valence-corrected chi connectivity index (χ1v) is 13.4. The highest BCUT2D eigenvalue weighted by molar-refractivity contribution is 6.01. The maximum Gasteiger partial charge on any atom is 0.406 e. The van der Waals surface area contributed by atoms with Gasteiger partial charge < -0.3 is 15.5 Å². The fourth-order valence-corrected chi connectivity index (χ4v) is 5.33. The van der Waals surface area contributed by atoms with Crippen molar-refractivity contribution in [2.75, 3.05) is 18.9 Å². The Bertz CT molecular complexity index is 1260. The molecule has 1 unspecified atom stereocenters. The van der Waals surface area contributed by atoms with Crippen molar-refractivity contribution in [2.24, 2.45) is 17.8 Å². The van der Waals surface area contributed by atoms with E-state index in [2.05, 4.69) is 20.9 Å². The number of nitrogens with zero attached hydrogens (tertiary/aromatic N) is 3. The molecule has 2 aliphatic carbocycles. The molecule has 2 N–H and O–H groups in total. The van der Waals surface area contributed by atoms with E-state index in [1.807, 2.05) is 0 Å². The summed E-state index contributed by atoms with van der Waals surface area (Å²) in [5.41, 5.74) is 0.815. The maximum absolute atomic E-state index is 15.2. The van der Waals surface area contributed by atoms with Gasteiger partial charge in [-0.3, -0.25) is 14.4 Å². The largest absolute Gasteiger partial charge is 0.406 e. The molecule has 0 bridgehead atoms. The van der Waals surface area contributed by atoms with Gasteiger partial charge in [-0.2, -0.15) is 13.2 Å². The number of amides is 3. The Hall–Kier alpha value is -3.51. The van der Waals surface area contributed by atoms with Crippen LogP contribution >= 0.6 is 0 Å². The monoisotopic (exact) mass is 567 g/mol. The zero-order valence-corrected chi connectivity index (χ0v) is 22.8. The van der Waals surface area contributed by atoms with Gasteiger partial charge in [-0.15, -0.1) is 0 Å². The van der Waals surface area contributed by atoms with E-state index in [4.69, 9.17) is 4.63 Å². The highest BCUT2D eigenvalue weighted by Crippen LogP contribution is 2.51. The smallest absolute Gasteiger partial charge is 0.338 e. The number of rotatable bonds is 11. The number of hydrogen-bond donors (Lipinski definition) is 2. The van der Waals surface area contributed by atoms with E-state index >= 15 is 4.39 Å². The first-order valence-electron chi connectivity index (χ1n) is 13.4. The first-order chi connectivity index (χ1) is 18.8. The van der Waals surface area contributed by atoms with Crippen LogP contribution in [0.4, 0.5) is 23.2 Å². The summed E-state index contributed by atoms with van der Waals surface area (Å²) in [6.45, 7) is 3.35. The Morgan fingerprint density at radius 3 is 2.30 bits per heavy atom. The molecular weight excluding hydrogens is 534 g/mol. The molecule has 0 radical (unpaired) electrons. The van der Waals surface area contributed by atoms with Crippen molar-refractivity contribution in [3.8, 4) is 0 Å². The van der Waals surface area contributed by atoms with E-state index in [1.165, 1.54) is 13.0 Å². The number of carbonyl (C=O) groups is 3. The molecule has 2 fully saturated rings. The fraction of sp³-hybridized carbons (Fsp3) is 0.593. The fourth-order valence-electron chi connectivity index (χ4n) is 5.33. The minimum Gasteiger partial charge on any atom is -0.338 e. The highest BCUT2D eigenvalue weighted by atomic mass is 19.4. The highest BCUT2D eigenvalue weighted by Gasteiger charge is 2.48. The Kier molecular flexibility index (Phi) is 8.50. The summed E-state index contributed by atoms with van der Waals surface area (Å²) < 4.78 is 58.2. The lowest BCUT2D eigenvalue weighted by Gasteiger charge is -2.27. The van der Waals surface area contributed by atoms with Gasteiger partial charge >= 0.3 is 6.18 Å². The van der Waals surface area contributed by atoms with Gasteiger partial charge in [0, 0.05) is 7.05 Å². The molecular formula is C27H33F4N5O4. The predicted octanol–water partition coefficient (Wildman–Crippen LogP) is 4.38. The van der Waals surface area contributed by atoms with Gasteiger partial charge in [-0.1, -0.05) is 12.1 Å². The number of anilines is 1. The van der Waals surface area contributed by atoms with Crippen molar-refractivity contribution < 1.29 is 36.6 Å². The summed E-state index contributed by atoms with van der Waals surface area (Å²) in [5, 5.41) is 12.8. The van der Waals surface area contributed by atoms with Gasteiger partial charge in [-0.25, -0.2) is 9.02 Å². The molecule has 0 spiro atoms.